The van der Waals surface area contributed by atoms with Gasteiger partial charge in [0.1, 0.15) is 0 Å². The van der Waals surface area contributed by atoms with Crippen molar-refractivity contribution in [3.63, 3.8) is 0 Å². The van der Waals surface area contributed by atoms with Crippen LogP contribution in [-0.4, -0.2) is 44.3 Å². The highest BCUT2D eigenvalue weighted by Gasteiger charge is 2.11. The third-order valence-corrected chi connectivity index (χ3v) is 5.79. The van der Waals surface area contributed by atoms with Crippen LogP contribution in [0.15, 0.2) is 54.7 Å². The third-order valence-electron chi connectivity index (χ3n) is 5.02. The number of hydrogen-bond donors (Lipinski definition) is 1. The Bertz CT molecular complexity index is 1020. The molecular weight excluding hydrogens is 370 g/mol. The number of fused-ring (bicyclic) bond motifs is 1. The summed E-state index contributed by atoms with van der Waals surface area (Å²) in [5.41, 5.74) is 4.83. The molecule has 3 rings (SSSR count). The van der Waals surface area contributed by atoms with E-state index in [2.05, 4.69) is 66.2 Å². The summed E-state index contributed by atoms with van der Waals surface area (Å²) in [6, 6.07) is 16.8. The van der Waals surface area contributed by atoms with Gasteiger partial charge in [-0.1, -0.05) is 36.4 Å². The molecule has 5 nitrogen and oxygen atoms in total. The van der Waals surface area contributed by atoms with Gasteiger partial charge in [0.15, 0.2) is 0 Å². The van der Waals surface area contributed by atoms with Crippen molar-refractivity contribution in [1.29, 1.82) is 0 Å². The first-order valence-electron chi connectivity index (χ1n) is 9.61. The van der Waals surface area contributed by atoms with Crippen molar-refractivity contribution < 1.29 is 8.42 Å². The van der Waals surface area contributed by atoms with Crippen molar-refractivity contribution in [3.8, 4) is 0 Å². The number of hydrogen-bond acceptors (Lipinski definition) is 3. The predicted molar refractivity (Wildman–Crippen MR) is 116 cm³/mol. The van der Waals surface area contributed by atoms with Gasteiger partial charge in [-0.05, 0) is 62.2 Å². The average molecular weight is 400 g/mol. The average Bonchev–Trinajstić information content (AvgIpc) is 3.00. The Morgan fingerprint density at radius 1 is 0.964 bits per heavy atom. The summed E-state index contributed by atoms with van der Waals surface area (Å²) in [6.45, 7) is 1.89. The minimum absolute atomic E-state index is 0.0275. The van der Waals surface area contributed by atoms with E-state index in [0.717, 1.165) is 31.5 Å². The van der Waals surface area contributed by atoms with E-state index < -0.39 is 10.0 Å². The molecule has 0 saturated carbocycles. The second kappa shape index (κ2) is 8.90. The molecule has 0 bridgehead atoms. The van der Waals surface area contributed by atoms with Crippen LogP contribution in [0.5, 0.6) is 0 Å². The first-order chi connectivity index (χ1) is 13.3. The third kappa shape index (κ3) is 5.67. The molecule has 150 valence electrons. The summed E-state index contributed by atoms with van der Waals surface area (Å²) < 4.78 is 24.9. The van der Waals surface area contributed by atoms with Crippen molar-refractivity contribution in [2.75, 3.05) is 26.4 Å². The van der Waals surface area contributed by atoms with Crippen LogP contribution in [-0.2, 0) is 35.8 Å². The number of likely N-dealkylation sites (N-methyl/N-ethyl adjacent to an activating group) is 1. The van der Waals surface area contributed by atoms with Crippen LogP contribution in [0.25, 0.3) is 10.9 Å². The smallest absolute Gasteiger partial charge is 0.209 e. The molecule has 0 saturated heterocycles. The van der Waals surface area contributed by atoms with Gasteiger partial charge in [-0.2, -0.15) is 0 Å². The van der Waals surface area contributed by atoms with Crippen LogP contribution in [0.4, 0.5) is 0 Å². The van der Waals surface area contributed by atoms with Gasteiger partial charge >= 0.3 is 0 Å². The Kier molecular flexibility index (Phi) is 6.54. The van der Waals surface area contributed by atoms with Gasteiger partial charge in [0.25, 0.3) is 0 Å². The van der Waals surface area contributed by atoms with E-state index in [4.69, 9.17) is 5.14 Å². The van der Waals surface area contributed by atoms with Gasteiger partial charge in [-0.15, -0.1) is 0 Å². The number of nitrogens with zero attached hydrogens (tertiary/aromatic N) is 2. The number of aryl methyl sites for hydroxylation is 3. The molecule has 3 aromatic rings. The number of benzene rings is 2. The summed E-state index contributed by atoms with van der Waals surface area (Å²) in [6.07, 6.45) is 4.63. The number of primary sulfonamides is 1. The molecule has 0 unspecified atom stereocenters. The maximum absolute atomic E-state index is 11.3. The number of rotatable bonds is 9. The lowest BCUT2D eigenvalue weighted by atomic mass is 10.1. The normalized spacial score (nSPS) is 12.1. The first kappa shape index (κ1) is 20.6. The van der Waals surface area contributed by atoms with Gasteiger partial charge in [0, 0.05) is 30.2 Å². The van der Waals surface area contributed by atoms with Crippen LogP contribution >= 0.6 is 0 Å². The topological polar surface area (TPSA) is 68.3 Å². The van der Waals surface area contributed by atoms with E-state index in [1.807, 2.05) is 12.1 Å². The highest BCUT2D eigenvalue weighted by molar-refractivity contribution is 7.89. The number of nitrogens with two attached hydrogens (primary N) is 1. The molecule has 0 fully saturated rings. The molecule has 2 aromatic carbocycles. The molecule has 28 heavy (non-hydrogen) atoms. The van der Waals surface area contributed by atoms with E-state index in [-0.39, 0.29) is 5.75 Å². The van der Waals surface area contributed by atoms with Gasteiger partial charge in [-0.25, -0.2) is 13.6 Å². The van der Waals surface area contributed by atoms with Crippen LogP contribution in [0.2, 0.25) is 0 Å². The molecule has 1 heterocycles. The molecule has 2 N–H and O–H groups in total. The van der Waals surface area contributed by atoms with E-state index in [1.54, 1.807) is 0 Å². The van der Waals surface area contributed by atoms with Gasteiger partial charge < -0.3 is 9.47 Å². The molecular formula is C22H29N3O2S. The fourth-order valence-corrected chi connectivity index (χ4v) is 3.98. The van der Waals surface area contributed by atoms with Crippen molar-refractivity contribution in [1.82, 2.24) is 9.47 Å². The maximum Gasteiger partial charge on any atom is 0.209 e. The van der Waals surface area contributed by atoms with Gasteiger partial charge in [-0.3, -0.25) is 0 Å². The molecule has 0 aliphatic carbocycles. The highest BCUT2D eigenvalue weighted by atomic mass is 32.2. The fourth-order valence-electron chi connectivity index (χ4n) is 3.46. The lowest BCUT2D eigenvalue weighted by molar-refractivity contribution is 0.414. The largest absolute Gasteiger partial charge is 0.347 e. The Hall–Kier alpha value is -2.15. The molecule has 0 spiro atoms. The number of aromatic nitrogens is 1. The van der Waals surface area contributed by atoms with Crippen molar-refractivity contribution >= 4 is 20.9 Å². The van der Waals surface area contributed by atoms with Crippen LogP contribution < -0.4 is 5.14 Å². The molecule has 1 aromatic heterocycles. The Morgan fingerprint density at radius 2 is 1.71 bits per heavy atom. The standard InChI is InChI=1S/C22H29N3O2S/c1-24(2)13-11-20-17-25(14-10-18-6-4-3-5-7-18)22-9-8-19(16-21(20)22)12-15-28(23,26)27/h3-9,16-17H,10-15H2,1-2H3,(H2,23,26,27). The van der Waals surface area contributed by atoms with Gasteiger partial charge in [0.05, 0.1) is 5.75 Å². The maximum atomic E-state index is 11.3. The highest BCUT2D eigenvalue weighted by Crippen LogP contribution is 2.24. The predicted octanol–water partition coefficient (Wildman–Crippen LogP) is 2.82. The fraction of sp³-hybridized carbons (Fsp3) is 0.364. The lowest BCUT2D eigenvalue weighted by Crippen LogP contribution is -2.17. The summed E-state index contributed by atoms with van der Waals surface area (Å²) in [7, 11) is 0.698. The SMILES string of the molecule is CN(C)CCc1cn(CCc2ccccc2)c2ccc(CCS(N)(=O)=O)cc12. The van der Waals surface area contributed by atoms with Crippen LogP contribution in [0, 0.1) is 0 Å². The zero-order chi connectivity index (χ0) is 20.1. The second-order valence-corrected chi connectivity index (χ2v) is 9.34. The van der Waals surface area contributed by atoms with Gasteiger partial charge in [0.2, 0.25) is 10.0 Å². The van der Waals surface area contributed by atoms with Crippen molar-refractivity contribution in [2.24, 2.45) is 5.14 Å². The van der Waals surface area contributed by atoms with E-state index in [0.29, 0.717) is 6.42 Å². The van der Waals surface area contributed by atoms with E-state index in [1.165, 1.54) is 22.0 Å². The zero-order valence-corrected chi connectivity index (χ0v) is 17.5. The molecule has 0 aliphatic rings. The molecule has 0 radical (unpaired) electrons. The van der Waals surface area contributed by atoms with Crippen LogP contribution in [0.3, 0.4) is 0 Å². The molecule has 6 heteroatoms. The Labute approximate surface area is 167 Å². The van der Waals surface area contributed by atoms with Crippen molar-refractivity contribution in [2.45, 2.75) is 25.8 Å². The zero-order valence-electron chi connectivity index (χ0n) is 16.6. The minimum Gasteiger partial charge on any atom is -0.347 e. The second-order valence-electron chi connectivity index (χ2n) is 7.61. The Morgan fingerprint density at radius 3 is 2.39 bits per heavy atom. The minimum atomic E-state index is -3.45. The summed E-state index contributed by atoms with van der Waals surface area (Å²) in [4.78, 5) is 2.18. The quantitative estimate of drug-likeness (QED) is 0.602. The van der Waals surface area contributed by atoms with Crippen molar-refractivity contribution in [3.05, 3.63) is 71.4 Å². The molecule has 0 aliphatic heterocycles. The van der Waals surface area contributed by atoms with Crippen LogP contribution in [0.1, 0.15) is 16.7 Å². The summed E-state index contributed by atoms with van der Waals surface area (Å²) >= 11 is 0. The summed E-state index contributed by atoms with van der Waals surface area (Å²) in [5, 5.41) is 6.38. The van der Waals surface area contributed by atoms with E-state index in [9.17, 15) is 8.42 Å². The first-order valence-corrected chi connectivity index (χ1v) is 11.3. The van der Waals surface area contributed by atoms with E-state index >= 15 is 0 Å². The molecule has 0 amide bonds. The lowest BCUT2D eigenvalue weighted by Gasteiger charge is -2.08. The monoisotopic (exact) mass is 399 g/mol. The molecule has 0 atom stereocenters. The Balaban J connectivity index is 1.88. The summed E-state index contributed by atoms with van der Waals surface area (Å²) in [5.74, 6) is -0.0275. The number of sulfonamides is 1.